The summed E-state index contributed by atoms with van der Waals surface area (Å²) in [5, 5.41) is 3.03. The summed E-state index contributed by atoms with van der Waals surface area (Å²) in [5.74, 6) is -0.201. The van der Waals surface area contributed by atoms with Crippen LogP contribution in [0.5, 0.6) is 0 Å². The van der Waals surface area contributed by atoms with Crippen LogP contribution in [-0.2, 0) is 9.59 Å². The Kier molecular flexibility index (Phi) is 8.10. The van der Waals surface area contributed by atoms with Gasteiger partial charge in [0.2, 0.25) is 11.8 Å². The number of carbonyl (C=O) groups is 2. The number of carbonyl (C=O) groups excluding carboxylic acids is 2. The number of nitrogens with zero attached hydrogens (tertiary/aromatic N) is 2. The summed E-state index contributed by atoms with van der Waals surface area (Å²) < 4.78 is 0. The minimum Gasteiger partial charge on any atom is -0.356 e. The average molecular weight is 360 g/mol. The fraction of sp³-hybridized carbons (Fsp3) is 0.619. The largest absolute Gasteiger partial charge is 0.356 e. The third-order valence-corrected chi connectivity index (χ3v) is 4.93. The predicted octanol–water partition coefficient (Wildman–Crippen LogP) is 2.98. The van der Waals surface area contributed by atoms with Crippen molar-refractivity contribution in [2.45, 2.75) is 46.5 Å². The standard InChI is InChI=1S/C21H33N3O2/c1-4-12-23(13-5-2)14-8-11-22-21(26)18-15-20(25)24(16-18)19-10-7-6-9-17(19)3/h6-7,9-10,18H,4-5,8,11-16H2,1-3H3,(H,22,26). The highest BCUT2D eigenvalue weighted by atomic mass is 16.2. The zero-order valence-electron chi connectivity index (χ0n) is 16.5. The first-order valence-corrected chi connectivity index (χ1v) is 9.92. The summed E-state index contributed by atoms with van der Waals surface area (Å²) >= 11 is 0. The lowest BCUT2D eigenvalue weighted by Gasteiger charge is -2.21. The van der Waals surface area contributed by atoms with Crippen LogP contribution in [0, 0.1) is 12.8 Å². The molecule has 0 saturated carbocycles. The van der Waals surface area contributed by atoms with Gasteiger partial charge in [0, 0.05) is 25.2 Å². The molecule has 1 fully saturated rings. The summed E-state index contributed by atoms with van der Waals surface area (Å²) in [6.45, 7) is 10.8. The number of hydrogen-bond acceptors (Lipinski definition) is 3. The molecular formula is C21H33N3O2. The number of benzene rings is 1. The summed E-state index contributed by atoms with van der Waals surface area (Å²) in [7, 11) is 0. The Morgan fingerprint density at radius 2 is 1.88 bits per heavy atom. The topological polar surface area (TPSA) is 52.7 Å². The Hall–Kier alpha value is -1.88. The molecule has 144 valence electrons. The van der Waals surface area contributed by atoms with E-state index in [-0.39, 0.29) is 17.7 Å². The van der Waals surface area contributed by atoms with Gasteiger partial charge in [-0.15, -0.1) is 0 Å². The van der Waals surface area contributed by atoms with Crippen LogP contribution in [0.4, 0.5) is 5.69 Å². The van der Waals surface area contributed by atoms with E-state index in [1.807, 2.05) is 31.2 Å². The number of rotatable bonds is 10. The van der Waals surface area contributed by atoms with E-state index in [4.69, 9.17) is 0 Å². The molecule has 1 aromatic carbocycles. The molecule has 2 amide bonds. The fourth-order valence-corrected chi connectivity index (χ4v) is 3.61. The van der Waals surface area contributed by atoms with E-state index in [1.165, 1.54) is 0 Å². The van der Waals surface area contributed by atoms with Crippen LogP contribution in [-0.4, -0.2) is 49.4 Å². The molecule has 2 rings (SSSR count). The zero-order valence-corrected chi connectivity index (χ0v) is 16.5. The Bertz CT molecular complexity index is 597. The molecule has 1 unspecified atom stereocenters. The molecule has 1 aliphatic rings. The second-order valence-corrected chi connectivity index (χ2v) is 7.18. The van der Waals surface area contributed by atoms with Gasteiger partial charge in [0.05, 0.1) is 5.92 Å². The number of para-hydroxylation sites is 1. The van der Waals surface area contributed by atoms with Crippen LogP contribution in [0.25, 0.3) is 0 Å². The number of hydrogen-bond donors (Lipinski definition) is 1. The van der Waals surface area contributed by atoms with Crippen molar-refractivity contribution in [3.63, 3.8) is 0 Å². The molecule has 1 saturated heterocycles. The molecular weight excluding hydrogens is 326 g/mol. The molecule has 1 aromatic rings. The summed E-state index contributed by atoms with van der Waals surface area (Å²) in [6, 6.07) is 7.84. The fourth-order valence-electron chi connectivity index (χ4n) is 3.61. The SMILES string of the molecule is CCCN(CCC)CCCNC(=O)C1CC(=O)N(c2ccccc2C)C1. The van der Waals surface area contributed by atoms with Gasteiger partial charge in [-0.2, -0.15) is 0 Å². The highest BCUT2D eigenvalue weighted by Gasteiger charge is 2.35. The van der Waals surface area contributed by atoms with Gasteiger partial charge in [-0.1, -0.05) is 32.0 Å². The third-order valence-electron chi connectivity index (χ3n) is 4.93. The number of anilines is 1. The molecule has 1 atom stereocenters. The molecule has 0 spiro atoms. The van der Waals surface area contributed by atoms with Crippen LogP contribution in [0.3, 0.4) is 0 Å². The first-order valence-electron chi connectivity index (χ1n) is 9.92. The Morgan fingerprint density at radius 3 is 2.54 bits per heavy atom. The van der Waals surface area contributed by atoms with Gasteiger partial charge in [-0.3, -0.25) is 9.59 Å². The van der Waals surface area contributed by atoms with Crippen molar-refractivity contribution in [3.05, 3.63) is 29.8 Å². The molecule has 26 heavy (non-hydrogen) atoms. The molecule has 1 heterocycles. The van der Waals surface area contributed by atoms with Gasteiger partial charge in [0.15, 0.2) is 0 Å². The third kappa shape index (κ3) is 5.56. The molecule has 5 nitrogen and oxygen atoms in total. The highest BCUT2D eigenvalue weighted by molar-refractivity contribution is 6.00. The van der Waals surface area contributed by atoms with Crippen LogP contribution in [0.1, 0.15) is 45.1 Å². The average Bonchev–Trinajstić information content (AvgIpc) is 3.01. The minimum atomic E-state index is -0.246. The van der Waals surface area contributed by atoms with Crippen LogP contribution >= 0.6 is 0 Å². The molecule has 1 N–H and O–H groups in total. The Morgan fingerprint density at radius 1 is 1.19 bits per heavy atom. The Balaban J connectivity index is 1.78. The molecule has 5 heteroatoms. The van der Waals surface area contributed by atoms with E-state index in [1.54, 1.807) is 4.90 Å². The molecule has 0 aliphatic carbocycles. The van der Waals surface area contributed by atoms with Gasteiger partial charge in [0.25, 0.3) is 0 Å². The van der Waals surface area contributed by atoms with Gasteiger partial charge in [-0.05, 0) is 57.5 Å². The maximum atomic E-state index is 12.4. The van der Waals surface area contributed by atoms with Crippen molar-refractivity contribution < 1.29 is 9.59 Å². The van der Waals surface area contributed by atoms with Crippen molar-refractivity contribution >= 4 is 17.5 Å². The highest BCUT2D eigenvalue weighted by Crippen LogP contribution is 2.27. The first kappa shape index (κ1) is 20.4. The maximum absolute atomic E-state index is 12.4. The van der Waals surface area contributed by atoms with E-state index in [0.29, 0.717) is 19.5 Å². The van der Waals surface area contributed by atoms with Gasteiger partial charge in [0.1, 0.15) is 0 Å². The molecule has 0 bridgehead atoms. The van der Waals surface area contributed by atoms with Gasteiger partial charge < -0.3 is 15.1 Å². The van der Waals surface area contributed by atoms with Crippen molar-refractivity contribution in [2.24, 2.45) is 5.92 Å². The molecule has 0 radical (unpaired) electrons. The summed E-state index contributed by atoms with van der Waals surface area (Å²) in [6.07, 6.45) is 3.57. The van der Waals surface area contributed by atoms with Crippen LogP contribution in [0.15, 0.2) is 24.3 Å². The predicted molar refractivity (Wildman–Crippen MR) is 106 cm³/mol. The van der Waals surface area contributed by atoms with E-state index in [2.05, 4.69) is 24.1 Å². The monoisotopic (exact) mass is 359 g/mol. The number of amides is 2. The smallest absolute Gasteiger partial charge is 0.227 e. The van der Waals surface area contributed by atoms with E-state index < -0.39 is 0 Å². The maximum Gasteiger partial charge on any atom is 0.227 e. The normalized spacial score (nSPS) is 17.2. The molecule has 0 aromatic heterocycles. The van der Waals surface area contributed by atoms with Crippen LogP contribution < -0.4 is 10.2 Å². The number of aryl methyl sites for hydroxylation is 1. The van der Waals surface area contributed by atoms with E-state index in [9.17, 15) is 9.59 Å². The summed E-state index contributed by atoms with van der Waals surface area (Å²) in [5.41, 5.74) is 1.98. The minimum absolute atomic E-state index is 0.00645. The summed E-state index contributed by atoms with van der Waals surface area (Å²) in [4.78, 5) is 29.0. The molecule has 1 aliphatic heterocycles. The van der Waals surface area contributed by atoms with E-state index in [0.717, 1.165) is 50.1 Å². The zero-order chi connectivity index (χ0) is 18.9. The Labute approximate surface area is 157 Å². The second-order valence-electron chi connectivity index (χ2n) is 7.18. The lowest BCUT2D eigenvalue weighted by molar-refractivity contribution is -0.126. The van der Waals surface area contributed by atoms with Crippen molar-refractivity contribution in [3.8, 4) is 0 Å². The lowest BCUT2D eigenvalue weighted by Crippen LogP contribution is -2.35. The number of nitrogens with one attached hydrogen (secondary N) is 1. The van der Waals surface area contributed by atoms with Crippen LogP contribution in [0.2, 0.25) is 0 Å². The van der Waals surface area contributed by atoms with Crippen molar-refractivity contribution in [2.75, 3.05) is 37.6 Å². The lowest BCUT2D eigenvalue weighted by atomic mass is 10.1. The van der Waals surface area contributed by atoms with E-state index >= 15 is 0 Å². The van der Waals surface area contributed by atoms with Crippen molar-refractivity contribution in [1.29, 1.82) is 0 Å². The van der Waals surface area contributed by atoms with Gasteiger partial charge in [-0.25, -0.2) is 0 Å². The second kappa shape index (κ2) is 10.3. The first-order chi connectivity index (χ1) is 12.6. The quantitative estimate of drug-likeness (QED) is 0.654. The van der Waals surface area contributed by atoms with Crippen molar-refractivity contribution in [1.82, 2.24) is 10.2 Å². The van der Waals surface area contributed by atoms with Gasteiger partial charge >= 0.3 is 0 Å².